The van der Waals surface area contributed by atoms with Crippen LogP contribution in [0.3, 0.4) is 0 Å². The van der Waals surface area contributed by atoms with Crippen LogP contribution in [0.1, 0.15) is 57.4 Å². The summed E-state index contributed by atoms with van der Waals surface area (Å²) in [4.78, 5) is 66.7. The first-order chi connectivity index (χ1) is 18.2. The second-order valence-electron chi connectivity index (χ2n) is 7.64. The molecule has 0 amide bonds. The van der Waals surface area contributed by atoms with Crippen molar-refractivity contribution in [1.29, 1.82) is 0 Å². The molecule has 3 rings (SSSR count). The zero-order chi connectivity index (χ0) is 28.0. The molecule has 0 unspecified atom stereocenters. The van der Waals surface area contributed by atoms with Crippen LogP contribution in [0.5, 0.6) is 5.75 Å². The van der Waals surface area contributed by atoms with Gasteiger partial charge in [-0.1, -0.05) is 30.3 Å². The van der Waals surface area contributed by atoms with E-state index in [1.54, 1.807) is 30.3 Å². The van der Waals surface area contributed by atoms with Crippen LogP contribution < -0.4 is 4.74 Å². The van der Waals surface area contributed by atoms with Gasteiger partial charge in [-0.3, -0.25) is 4.79 Å². The van der Waals surface area contributed by atoms with E-state index in [4.69, 9.17) is 23.7 Å². The van der Waals surface area contributed by atoms with E-state index in [2.05, 4.69) is 0 Å². The summed E-state index contributed by atoms with van der Waals surface area (Å²) in [7, 11) is 5.60. The van der Waals surface area contributed by atoms with Gasteiger partial charge in [0.25, 0.3) is 0 Å². The number of hydrogen-bond donors (Lipinski definition) is 0. The number of esters is 4. The van der Waals surface area contributed by atoms with E-state index < -0.39 is 51.9 Å². The molecular formula is C28H24O10. The highest BCUT2D eigenvalue weighted by Crippen LogP contribution is 2.39. The van der Waals surface area contributed by atoms with Gasteiger partial charge in [0.15, 0.2) is 5.78 Å². The molecule has 0 aromatic heterocycles. The standard InChI is InChI=1S/C28H24O10/c1-34-17-13-11-16(12-14-17)24(29)19-18(15-9-7-6-8-10-15)20(25(30)35-2)22(27(32)37-4)23(28(33)38-5)21(19)26(31)36-3/h6-14H,1-5H3. The summed E-state index contributed by atoms with van der Waals surface area (Å²) in [6.45, 7) is 0. The fraction of sp³-hybridized carbons (Fsp3) is 0.179. The molecule has 10 heteroatoms. The van der Waals surface area contributed by atoms with Crippen molar-refractivity contribution < 1.29 is 47.7 Å². The number of methoxy groups -OCH3 is 5. The molecule has 196 valence electrons. The van der Waals surface area contributed by atoms with E-state index in [0.717, 1.165) is 28.4 Å². The van der Waals surface area contributed by atoms with Gasteiger partial charge in [-0.05, 0) is 29.8 Å². The highest BCUT2D eigenvalue weighted by molar-refractivity contribution is 6.26. The molecule has 0 aliphatic heterocycles. The lowest BCUT2D eigenvalue weighted by Gasteiger charge is -2.22. The van der Waals surface area contributed by atoms with E-state index in [-0.39, 0.29) is 22.3 Å². The molecule has 3 aromatic carbocycles. The maximum Gasteiger partial charge on any atom is 0.339 e. The number of carbonyl (C=O) groups is 5. The number of ether oxygens (including phenoxy) is 5. The largest absolute Gasteiger partial charge is 0.497 e. The van der Waals surface area contributed by atoms with Crippen molar-refractivity contribution in [1.82, 2.24) is 0 Å². The fourth-order valence-corrected chi connectivity index (χ4v) is 3.98. The van der Waals surface area contributed by atoms with Gasteiger partial charge in [0.1, 0.15) is 5.75 Å². The average Bonchev–Trinajstić information content (AvgIpc) is 2.97. The SMILES string of the molecule is COC(=O)c1c(C(=O)OC)c(C(=O)OC)c(-c2ccccc2)c(C(=O)c2ccc(OC)cc2)c1C(=O)OC. The van der Waals surface area contributed by atoms with Gasteiger partial charge in [-0.2, -0.15) is 0 Å². The van der Waals surface area contributed by atoms with Crippen LogP contribution in [0.4, 0.5) is 0 Å². The van der Waals surface area contributed by atoms with Crippen LogP contribution in [0.25, 0.3) is 11.1 Å². The second-order valence-corrected chi connectivity index (χ2v) is 7.64. The predicted molar refractivity (Wildman–Crippen MR) is 134 cm³/mol. The highest BCUT2D eigenvalue weighted by atomic mass is 16.5. The summed E-state index contributed by atoms with van der Waals surface area (Å²) < 4.78 is 24.8. The maximum absolute atomic E-state index is 14.1. The Hall–Kier alpha value is -4.99. The Morgan fingerprint density at radius 2 is 0.921 bits per heavy atom. The third-order valence-electron chi connectivity index (χ3n) is 5.70. The Morgan fingerprint density at radius 1 is 0.500 bits per heavy atom. The first-order valence-electron chi connectivity index (χ1n) is 11.1. The van der Waals surface area contributed by atoms with Crippen molar-refractivity contribution >= 4 is 29.7 Å². The van der Waals surface area contributed by atoms with E-state index in [0.29, 0.717) is 5.75 Å². The van der Waals surface area contributed by atoms with E-state index >= 15 is 0 Å². The van der Waals surface area contributed by atoms with Crippen molar-refractivity contribution in [3.8, 4) is 16.9 Å². The quantitative estimate of drug-likeness (QED) is 0.246. The number of ketones is 1. The molecule has 0 aliphatic rings. The smallest absolute Gasteiger partial charge is 0.339 e. The molecule has 0 heterocycles. The molecule has 0 bridgehead atoms. The maximum atomic E-state index is 14.1. The average molecular weight is 520 g/mol. The topological polar surface area (TPSA) is 132 Å². The molecule has 3 aromatic rings. The first-order valence-corrected chi connectivity index (χ1v) is 11.1. The van der Waals surface area contributed by atoms with E-state index in [1.807, 2.05) is 0 Å². The summed E-state index contributed by atoms with van der Waals surface area (Å²) in [6, 6.07) is 14.0. The van der Waals surface area contributed by atoms with Gasteiger partial charge in [0, 0.05) is 16.7 Å². The Kier molecular flexibility index (Phi) is 8.59. The Bertz CT molecular complexity index is 1410. The Labute approximate surface area is 218 Å². The van der Waals surface area contributed by atoms with Crippen molar-refractivity contribution in [3.05, 3.63) is 88.0 Å². The van der Waals surface area contributed by atoms with Crippen molar-refractivity contribution in [3.63, 3.8) is 0 Å². The zero-order valence-electron chi connectivity index (χ0n) is 21.3. The monoisotopic (exact) mass is 520 g/mol. The van der Waals surface area contributed by atoms with Crippen molar-refractivity contribution in [2.24, 2.45) is 0 Å². The molecule has 0 saturated heterocycles. The molecule has 0 saturated carbocycles. The molecule has 0 aliphatic carbocycles. The van der Waals surface area contributed by atoms with Gasteiger partial charge in [-0.25, -0.2) is 19.2 Å². The van der Waals surface area contributed by atoms with Gasteiger partial charge in [0.2, 0.25) is 0 Å². The zero-order valence-corrected chi connectivity index (χ0v) is 21.3. The van der Waals surface area contributed by atoms with Crippen LogP contribution in [0, 0.1) is 0 Å². The van der Waals surface area contributed by atoms with Crippen LogP contribution in [-0.4, -0.2) is 65.2 Å². The first kappa shape index (κ1) is 27.6. The lowest BCUT2D eigenvalue weighted by atomic mass is 9.80. The minimum absolute atomic E-state index is 0.0885. The van der Waals surface area contributed by atoms with Gasteiger partial charge in [-0.15, -0.1) is 0 Å². The summed E-state index contributed by atoms with van der Waals surface area (Å²) in [5.74, 6) is -4.80. The Morgan fingerprint density at radius 3 is 1.37 bits per heavy atom. The van der Waals surface area contributed by atoms with Crippen LogP contribution in [0.2, 0.25) is 0 Å². The van der Waals surface area contributed by atoms with Crippen LogP contribution >= 0.6 is 0 Å². The van der Waals surface area contributed by atoms with Gasteiger partial charge in [0.05, 0.1) is 57.8 Å². The third kappa shape index (κ3) is 4.96. The number of carbonyl (C=O) groups excluding carboxylic acids is 5. The lowest BCUT2D eigenvalue weighted by Crippen LogP contribution is -2.27. The van der Waals surface area contributed by atoms with Crippen LogP contribution in [-0.2, 0) is 18.9 Å². The molecule has 0 radical (unpaired) electrons. The summed E-state index contributed by atoms with van der Waals surface area (Å²) in [6.07, 6.45) is 0. The van der Waals surface area contributed by atoms with Gasteiger partial charge < -0.3 is 23.7 Å². The lowest BCUT2D eigenvalue weighted by molar-refractivity contribution is 0.0521. The number of hydrogen-bond acceptors (Lipinski definition) is 10. The molecule has 0 atom stereocenters. The normalized spacial score (nSPS) is 10.2. The molecule has 10 nitrogen and oxygen atoms in total. The molecule has 0 N–H and O–H groups in total. The highest BCUT2D eigenvalue weighted by Gasteiger charge is 2.40. The van der Waals surface area contributed by atoms with E-state index in [1.165, 1.54) is 31.4 Å². The molecule has 0 spiro atoms. The van der Waals surface area contributed by atoms with Gasteiger partial charge >= 0.3 is 23.9 Å². The van der Waals surface area contributed by atoms with Crippen molar-refractivity contribution in [2.75, 3.05) is 35.5 Å². The molecular weight excluding hydrogens is 496 g/mol. The summed E-state index contributed by atoms with van der Waals surface area (Å²) in [5, 5.41) is 0. The Balaban J connectivity index is 2.69. The molecule has 38 heavy (non-hydrogen) atoms. The summed E-state index contributed by atoms with van der Waals surface area (Å²) >= 11 is 0. The number of rotatable bonds is 8. The number of benzene rings is 3. The van der Waals surface area contributed by atoms with Crippen molar-refractivity contribution in [2.45, 2.75) is 0 Å². The second kappa shape index (κ2) is 11.8. The molecule has 0 fully saturated rings. The summed E-state index contributed by atoms with van der Waals surface area (Å²) in [5.41, 5.74) is -2.47. The minimum atomic E-state index is -1.18. The van der Waals surface area contributed by atoms with E-state index in [9.17, 15) is 24.0 Å². The minimum Gasteiger partial charge on any atom is -0.497 e. The van der Waals surface area contributed by atoms with Crippen LogP contribution in [0.15, 0.2) is 54.6 Å². The fourth-order valence-electron chi connectivity index (χ4n) is 3.98. The predicted octanol–water partition coefficient (Wildman–Crippen LogP) is 3.74. The third-order valence-corrected chi connectivity index (χ3v) is 5.70.